The second-order valence-corrected chi connectivity index (χ2v) is 3.45. The lowest BCUT2D eigenvalue weighted by atomic mass is 9.81. The fraction of sp³-hybridized carbons (Fsp3) is 1.00. The summed E-state index contributed by atoms with van der Waals surface area (Å²) in [5.74, 6) is 0.689. The van der Waals surface area contributed by atoms with Gasteiger partial charge in [0.1, 0.15) is 0 Å². The van der Waals surface area contributed by atoms with E-state index in [-0.39, 0.29) is 6.04 Å². The summed E-state index contributed by atoms with van der Waals surface area (Å²) in [6.45, 7) is 2.21. The van der Waals surface area contributed by atoms with Gasteiger partial charge in [-0.3, -0.25) is 0 Å². The van der Waals surface area contributed by atoms with Crippen molar-refractivity contribution in [2.45, 2.75) is 44.8 Å². The number of nitrogens with two attached hydrogens (primary N) is 1. The molecule has 0 aromatic rings. The minimum atomic E-state index is 0.277. The van der Waals surface area contributed by atoms with Crippen LogP contribution in [0.2, 0.25) is 0 Å². The first-order valence-corrected chi connectivity index (χ1v) is 4.58. The molecule has 1 saturated carbocycles. The van der Waals surface area contributed by atoms with E-state index in [9.17, 15) is 0 Å². The van der Waals surface area contributed by atoms with Crippen molar-refractivity contribution in [3.8, 4) is 0 Å². The summed E-state index contributed by atoms with van der Waals surface area (Å²) in [4.78, 5) is 0. The highest BCUT2D eigenvalue weighted by molar-refractivity contribution is 4.84. The summed E-state index contributed by atoms with van der Waals surface area (Å²) in [5.41, 5.74) is 6.02. The van der Waals surface area contributed by atoms with E-state index in [4.69, 9.17) is 10.5 Å². The van der Waals surface area contributed by atoms with Crippen LogP contribution in [0, 0.1) is 5.92 Å². The summed E-state index contributed by atoms with van der Waals surface area (Å²) in [5, 5.41) is 0. The first kappa shape index (κ1) is 9.01. The highest BCUT2D eigenvalue weighted by Gasteiger charge is 2.28. The largest absolute Gasteiger partial charge is 0.380 e. The molecule has 3 unspecified atom stereocenters. The lowest BCUT2D eigenvalue weighted by molar-refractivity contribution is 0.0307. The molecule has 0 bridgehead atoms. The van der Waals surface area contributed by atoms with Crippen molar-refractivity contribution in [2.75, 3.05) is 7.11 Å². The van der Waals surface area contributed by atoms with Crippen LogP contribution in [-0.2, 0) is 4.74 Å². The molecule has 0 radical (unpaired) electrons. The Morgan fingerprint density at radius 3 is 2.73 bits per heavy atom. The van der Waals surface area contributed by atoms with Crippen LogP contribution in [0.4, 0.5) is 0 Å². The third kappa shape index (κ3) is 1.94. The molecule has 2 N–H and O–H groups in total. The molecule has 0 aromatic carbocycles. The van der Waals surface area contributed by atoms with Crippen LogP contribution in [0.25, 0.3) is 0 Å². The Bertz CT molecular complexity index is 104. The van der Waals surface area contributed by atoms with Crippen molar-refractivity contribution in [3.63, 3.8) is 0 Å². The highest BCUT2D eigenvalue weighted by atomic mass is 16.5. The second-order valence-electron chi connectivity index (χ2n) is 3.45. The smallest absolute Gasteiger partial charge is 0.0724 e. The number of rotatable bonds is 2. The second kappa shape index (κ2) is 4.07. The van der Waals surface area contributed by atoms with Gasteiger partial charge in [-0.15, -0.1) is 0 Å². The maximum atomic E-state index is 6.02. The van der Waals surface area contributed by atoms with Gasteiger partial charge in [0.25, 0.3) is 0 Å². The molecule has 1 aliphatic carbocycles. The SMILES string of the molecule is CCC1CCCC(OC)C1N. The Kier molecular flexibility index (Phi) is 3.34. The summed E-state index contributed by atoms with van der Waals surface area (Å²) in [7, 11) is 1.77. The van der Waals surface area contributed by atoms with Crippen molar-refractivity contribution in [3.05, 3.63) is 0 Å². The molecule has 0 saturated heterocycles. The topological polar surface area (TPSA) is 35.2 Å². The monoisotopic (exact) mass is 157 g/mol. The van der Waals surface area contributed by atoms with E-state index in [1.807, 2.05) is 0 Å². The number of methoxy groups -OCH3 is 1. The molecule has 0 spiro atoms. The van der Waals surface area contributed by atoms with Crippen LogP contribution in [0.15, 0.2) is 0 Å². The predicted octanol–water partition coefficient (Wildman–Crippen LogP) is 1.54. The van der Waals surface area contributed by atoms with Gasteiger partial charge in [-0.25, -0.2) is 0 Å². The van der Waals surface area contributed by atoms with E-state index in [0.29, 0.717) is 12.0 Å². The predicted molar refractivity (Wildman–Crippen MR) is 46.4 cm³/mol. The molecule has 0 aromatic heterocycles. The van der Waals surface area contributed by atoms with Crippen LogP contribution in [0.1, 0.15) is 32.6 Å². The Hall–Kier alpha value is -0.0800. The first-order chi connectivity index (χ1) is 5.29. The Balaban J connectivity index is 2.45. The molecule has 1 rings (SSSR count). The van der Waals surface area contributed by atoms with E-state index >= 15 is 0 Å². The molecule has 0 heterocycles. The third-order valence-electron chi connectivity index (χ3n) is 2.86. The van der Waals surface area contributed by atoms with Crippen LogP contribution >= 0.6 is 0 Å². The molecule has 0 amide bonds. The summed E-state index contributed by atoms with van der Waals surface area (Å²) in [6.07, 6.45) is 5.23. The van der Waals surface area contributed by atoms with Gasteiger partial charge < -0.3 is 10.5 Å². The molecule has 1 fully saturated rings. The van der Waals surface area contributed by atoms with Crippen LogP contribution in [-0.4, -0.2) is 19.3 Å². The van der Waals surface area contributed by atoms with E-state index < -0.39 is 0 Å². The normalized spacial score (nSPS) is 39.0. The van der Waals surface area contributed by atoms with E-state index in [1.165, 1.54) is 19.3 Å². The van der Waals surface area contributed by atoms with Crippen LogP contribution in [0.3, 0.4) is 0 Å². The van der Waals surface area contributed by atoms with Gasteiger partial charge in [-0.2, -0.15) is 0 Å². The Labute approximate surface area is 69.1 Å². The molecule has 0 aliphatic heterocycles. The fourth-order valence-electron chi connectivity index (χ4n) is 2.02. The molecular formula is C9H19NO. The van der Waals surface area contributed by atoms with Crippen LogP contribution in [0.5, 0.6) is 0 Å². The maximum Gasteiger partial charge on any atom is 0.0724 e. The average Bonchev–Trinajstić information content (AvgIpc) is 2.05. The van der Waals surface area contributed by atoms with Gasteiger partial charge in [-0.05, 0) is 18.8 Å². The van der Waals surface area contributed by atoms with Gasteiger partial charge in [0.15, 0.2) is 0 Å². The quantitative estimate of drug-likeness (QED) is 0.660. The van der Waals surface area contributed by atoms with E-state index in [2.05, 4.69) is 6.92 Å². The minimum absolute atomic E-state index is 0.277. The number of ether oxygens (including phenoxy) is 1. The lowest BCUT2D eigenvalue weighted by Gasteiger charge is -2.34. The van der Waals surface area contributed by atoms with Crippen molar-refractivity contribution in [2.24, 2.45) is 11.7 Å². The zero-order valence-electron chi connectivity index (χ0n) is 7.55. The lowest BCUT2D eigenvalue weighted by Crippen LogP contribution is -2.45. The molecule has 1 aliphatic rings. The summed E-state index contributed by atoms with van der Waals surface area (Å²) >= 11 is 0. The van der Waals surface area contributed by atoms with Gasteiger partial charge in [0.05, 0.1) is 6.10 Å². The molecular weight excluding hydrogens is 138 g/mol. The Morgan fingerprint density at radius 1 is 1.45 bits per heavy atom. The van der Waals surface area contributed by atoms with Crippen molar-refractivity contribution in [1.29, 1.82) is 0 Å². The van der Waals surface area contributed by atoms with Gasteiger partial charge >= 0.3 is 0 Å². The molecule has 2 heteroatoms. The summed E-state index contributed by atoms with van der Waals surface area (Å²) in [6, 6.07) is 0.277. The van der Waals surface area contributed by atoms with Gasteiger partial charge in [-0.1, -0.05) is 19.8 Å². The Morgan fingerprint density at radius 2 is 2.18 bits per heavy atom. The third-order valence-corrected chi connectivity index (χ3v) is 2.86. The van der Waals surface area contributed by atoms with Crippen molar-refractivity contribution < 1.29 is 4.74 Å². The maximum absolute atomic E-state index is 6.02. The minimum Gasteiger partial charge on any atom is -0.380 e. The van der Waals surface area contributed by atoms with Crippen molar-refractivity contribution in [1.82, 2.24) is 0 Å². The number of hydrogen-bond donors (Lipinski definition) is 1. The first-order valence-electron chi connectivity index (χ1n) is 4.58. The standard InChI is InChI=1S/C9H19NO/c1-3-7-5-4-6-8(11-2)9(7)10/h7-9H,3-6,10H2,1-2H3. The zero-order chi connectivity index (χ0) is 8.27. The van der Waals surface area contributed by atoms with E-state index in [0.717, 1.165) is 6.42 Å². The molecule has 66 valence electrons. The van der Waals surface area contributed by atoms with Crippen LogP contribution < -0.4 is 5.73 Å². The average molecular weight is 157 g/mol. The van der Waals surface area contributed by atoms with Gasteiger partial charge in [0.2, 0.25) is 0 Å². The number of hydrogen-bond acceptors (Lipinski definition) is 2. The highest BCUT2D eigenvalue weighted by Crippen LogP contribution is 2.27. The fourth-order valence-corrected chi connectivity index (χ4v) is 2.02. The van der Waals surface area contributed by atoms with Gasteiger partial charge in [0, 0.05) is 13.2 Å². The van der Waals surface area contributed by atoms with Crippen molar-refractivity contribution >= 4 is 0 Å². The van der Waals surface area contributed by atoms with E-state index in [1.54, 1.807) is 7.11 Å². The molecule has 3 atom stereocenters. The molecule has 2 nitrogen and oxygen atoms in total. The molecule has 11 heavy (non-hydrogen) atoms. The summed E-state index contributed by atoms with van der Waals surface area (Å²) < 4.78 is 5.31. The zero-order valence-corrected chi connectivity index (χ0v) is 7.55.